The molecule has 0 aliphatic rings. The monoisotopic (exact) mass is 442 g/mol. The topological polar surface area (TPSA) is 63.0 Å². The molecule has 0 N–H and O–H groups in total. The standard InChI is InChI=1S/C26H38N2O4/c1-5-11-24(26(30)31-7-3)27(17-6-2)20-25(29)28(19-23-15-14-21(4)32-23)18-16-22-12-9-8-10-13-22/h8-10,12-15,24H,5-7,11,16-20H2,1-4H3/t24-/m0/s1. The van der Waals surface area contributed by atoms with Gasteiger partial charge in [0, 0.05) is 6.54 Å². The van der Waals surface area contributed by atoms with Crippen molar-refractivity contribution in [1.29, 1.82) is 0 Å². The van der Waals surface area contributed by atoms with Crippen LogP contribution in [-0.2, 0) is 27.3 Å². The third-order valence-electron chi connectivity index (χ3n) is 5.42. The predicted octanol–water partition coefficient (Wildman–Crippen LogP) is 4.60. The van der Waals surface area contributed by atoms with Crippen molar-refractivity contribution in [3.8, 4) is 0 Å². The number of hydrogen-bond acceptors (Lipinski definition) is 5. The van der Waals surface area contributed by atoms with Crippen LogP contribution in [0, 0.1) is 6.92 Å². The van der Waals surface area contributed by atoms with Crippen LogP contribution in [0.2, 0.25) is 0 Å². The Hall–Kier alpha value is -2.60. The Morgan fingerprint density at radius 2 is 1.75 bits per heavy atom. The number of rotatable bonds is 14. The molecule has 0 spiro atoms. The summed E-state index contributed by atoms with van der Waals surface area (Å²) in [6.45, 7) is 10.0. The van der Waals surface area contributed by atoms with Gasteiger partial charge in [0.05, 0.1) is 19.7 Å². The number of nitrogens with zero attached hydrogens (tertiary/aromatic N) is 2. The van der Waals surface area contributed by atoms with Crippen LogP contribution in [0.4, 0.5) is 0 Å². The minimum Gasteiger partial charge on any atom is -0.465 e. The normalized spacial score (nSPS) is 12.0. The second-order valence-electron chi connectivity index (χ2n) is 8.09. The van der Waals surface area contributed by atoms with Crippen LogP contribution >= 0.6 is 0 Å². The molecule has 1 aromatic heterocycles. The van der Waals surface area contributed by atoms with Gasteiger partial charge in [-0.2, -0.15) is 0 Å². The molecule has 0 saturated heterocycles. The molecule has 2 rings (SSSR count). The minimum absolute atomic E-state index is 0.00571. The van der Waals surface area contributed by atoms with Crippen molar-refractivity contribution >= 4 is 11.9 Å². The second-order valence-corrected chi connectivity index (χ2v) is 8.09. The number of hydrogen-bond donors (Lipinski definition) is 0. The van der Waals surface area contributed by atoms with Gasteiger partial charge in [-0.3, -0.25) is 14.5 Å². The first kappa shape index (κ1) is 25.7. The van der Waals surface area contributed by atoms with E-state index in [1.165, 1.54) is 5.56 Å². The minimum atomic E-state index is -0.398. The molecule has 0 bridgehead atoms. The van der Waals surface area contributed by atoms with Gasteiger partial charge < -0.3 is 14.1 Å². The van der Waals surface area contributed by atoms with E-state index in [0.29, 0.717) is 32.7 Å². The highest BCUT2D eigenvalue weighted by Crippen LogP contribution is 2.15. The van der Waals surface area contributed by atoms with E-state index in [4.69, 9.17) is 9.15 Å². The number of carbonyl (C=O) groups excluding carboxylic acids is 2. The fraction of sp³-hybridized carbons (Fsp3) is 0.538. The number of carbonyl (C=O) groups is 2. The molecule has 0 fully saturated rings. The molecule has 1 atom stereocenters. The van der Waals surface area contributed by atoms with Crippen molar-refractivity contribution in [2.45, 2.75) is 66.0 Å². The second kappa shape index (κ2) is 13.7. The Kier molecular flexibility index (Phi) is 11.0. The lowest BCUT2D eigenvalue weighted by molar-refractivity contribution is -0.151. The number of benzene rings is 1. The predicted molar refractivity (Wildman–Crippen MR) is 126 cm³/mol. The van der Waals surface area contributed by atoms with E-state index in [-0.39, 0.29) is 18.4 Å². The maximum Gasteiger partial charge on any atom is 0.323 e. The molecule has 32 heavy (non-hydrogen) atoms. The summed E-state index contributed by atoms with van der Waals surface area (Å²) in [6.07, 6.45) is 3.14. The van der Waals surface area contributed by atoms with Gasteiger partial charge in [-0.15, -0.1) is 0 Å². The summed E-state index contributed by atoms with van der Waals surface area (Å²) in [7, 11) is 0. The van der Waals surface area contributed by atoms with E-state index in [0.717, 1.165) is 30.8 Å². The summed E-state index contributed by atoms with van der Waals surface area (Å²) in [4.78, 5) is 29.9. The maximum atomic E-state index is 13.4. The van der Waals surface area contributed by atoms with Crippen LogP contribution in [0.25, 0.3) is 0 Å². The van der Waals surface area contributed by atoms with Crippen LogP contribution in [0.5, 0.6) is 0 Å². The molecular weight excluding hydrogens is 404 g/mol. The fourth-order valence-electron chi connectivity index (χ4n) is 3.83. The molecule has 1 heterocycles. The zero-order valence-corrected chi connectivity index (χ0v) is 20.0. The summed E-state index contributed by atoms with van der Waals surface area (Å²) in [5.74, 6) is 1.34. The summed E-state index contributed by atoms with van der Waals surface area (Å²) in [6, 6.07) is 13.6. The van der Waals surface area contributed by atoms with E-state index in [1.807, 2.05) is 60.9 Å². The van der Waals surface area contributed by atoms with Gasteiger partial charge in [0.15, 0.2) is 0 Å². The third kappa shape index (κ3) is 8.15. The summed E-state index contributed by atoms with van der Waals surface area (Å²) >= 11 is 0. The van der Waals surface area contributed by atoms with Gasteiger partial charge in [-0.05, 0) is 57.4 Å². The Balaban J connectivity index is 2.16. The molecular formula is C26H38N2O4. The molecule has 2 aromatic rings. The van der Waals surface area contributed by atoms with Crippen molar-refractivity contribution in [2.75, 3.05) is 26.2 Å². The largest absolute Gasteiger partial charge is 0.465 e. The summed E-state index contributed by atoms with van der Waals surface area (Å²) in [5, 5.41) is 0. The van der Waals surface area contributed by atoms with Crippen LogP contribution in [0.1, 0.15) is 57.1 Å². The van der Waals surface area contributed by atoms with Crippen molar-refractivity contribution < 1.29 is 18.7 Å². The molecule has 0 aliphatic heterocycles. The smallest absolute Gasteiger partial charge is 0.323 e. The average Bonchev–Trinajstić information content (AvgIpc) is 3.20. The number of amides is 1. The molecule has 0 aliphatic carbocycles. The van der Waals surface area contributed by atoms with Crippen LogP contribution in [0.15, 0.2) is 46.9 Å². The van der Waals surface area contributed by atoms with E-state index in [2.05, 4.69) is 19.1 Å². The molecule has 0 radical (unpaired) electrons. The van der Waals surface area contributed by atoms with Gasteiger partial charge in [-0.1, -0.05) is 50.6 Å². The summed E-state index contributed by atoms with van der Waals surface area (Å²) in [5.41, 5.74) is 1.18. The molecule has 6 heteroatoms. The first-order valence-electron chi connectivity index (χ1n) is 11.8. The number of aryl methyl sites for hydroxylation is 1. The van der Waals surface area contributed by atoms with E-state index in [1.54, 1.807) is 0 Å². The van der Waals surface area contributed by atoms with E-state index in [9.17, 15) is 9.59 Å². The highest BCUT2D eigenvalue weighted by atomic mass is 16.5. The lowest BCUT2D eigenvalue weighted by atomic mass is 10.1. The SMILES string of the molecule is CCC[C@@H](C(=O)OCC)N(CCC)CC(=O)N(CCc1ccccc1)Cc1ccc(C)o1. The Morgan fingerprint density at radius 3 is 2.34 bits per heavy atom. The first-order valence-corrected chi connectivity index (χ1v) is 11.8. The molecule has 176 valence electrons. The Bertz CT molecular complexity index is 818. The van der Waals surface area contributed by atoms with Gasteiger partial charge in [0.1, 0.15) is 17.6 Å². The lowest BCUT2D eigenvalue weighted by Gasteiger charge is -2.31. The van der Waals surface area contributed by atoms with Crippen LogP contribution < -0.4 is 0 Å². The van der Waals surface area contributed by atoms with Gasteiger partial charge in [-0.25, -0.2) is 0 Å². The lowest BCUT2D eigenvalue weighted by Crippen LogP contribution is -2.48. The fourth-order valence-corrected chi connectivity index (χ4v) is 3.83. The van der Waals surface area contributed by atoms with E-state index < -0.39 is 6.04 Å². The molecule has 0 saturated carbocycles. The highest BCUT2D eigenvalue weighted by Gasteiger charge is 2.29. The summed E-state index contributed by atoms with van der Waals surface area (Å²) < 4.78 is 11.1. The van der Waals surface area contributed by atoms with Gasteiger partial charge >= 0.3 is 5.97 Å². The maximum absolute atomic E-state index is 13.4. The van der Waals surface area contributed by atoms with Crippen LogP contribution in [-0.4, -0.2) is 54.0 Å². The number of furan rings is 1. The average molecular weight is 443 g/mol. The molecule has 1 aromatic carbocycles. The quantitative estimate of drug-likeness (QED) is 0.400. The van der Waals surface area contributed by atoms with Gasteiger partial charge in [0.2, 0.25) is 5.91 Å². The van der Waals surface area contributed by atoms with E-state index >= 15 is 0 Å². The number of ether oxygens (including phenoxy) is 1. The van der Waals surface area contributed by atoms with Crippen molar-refractivity contribution in [1.82, 2.24) is 9.80 Å². The molecule has 0 unspecified atom stereocenters. The zero-order valence-electron chi connectivity index (χ0n) is 20.0. The van der Waals surface area contributed by atoms with Crippen molar-refractivity contribution in [2.24, 2.45) is 0 Å². The number of esters is 1. The molecule has 6 nitrogen and oxygen atoms in total. The third-order valence-corrected chi connectivity index (χ3v) is 5.42. The first-order chi connectivity index (χ1) is 15.5. The van der Waals surface area contributed by atoms with Gasteiger partial charge in [0.25, 0.3) is 0 Å². The molecule has 1 amide bonds. The van der Waals surface area contributed by atoms with Crippen molar-refractivity contribution in [3.05, 3.63) is 59.5 Å². The zero-order chi connectivity index (χ0) is 23.3. The Morgan fingerprint density at radius 1 is 1.00 bits per heavy atom. The van der Waals surface area contributed by atoms with Crippen molar-refractivity contribution in [3.63, 3.8) is 0 Å². The van der Waals surface area contributed by atoms with Crippen LogP contribution in [0.3, 0.4) is 0 Å². The Labute approximate surface area is 192 Å². The highest BCUT2D eigenvalue weighted by molar-refractivity contribution is 5.80.